The van der Waals surface area contributed by atoms with Crippen LogP contribution in [0.25, 0.3) is 71.5 Å². The highest BCUT2D eigenvalue weighted by Crippen LogP contribution is 2.51. The van der Waals surface area contributed by atoms with Gasteiger partial charge in [0.25, 0.3) is 0 Å². The van der Waals surface area contributed by atoms with Gasteiger partial charge in [0.05, 0.1) is 33.8 Å². The largest absolute Gasteiger partial charge is 0.333 e. The van der Waals surface area contributed by atoms with Gasteiger partial charge >= 0.3 is 0 Å². The maximum Gasteiger partial charge on any atom is 0.0623 e. The van der Waals surface area contributed by atoms with Gasteiger partial charge in [-0.25, -0.2) is 0 Å². The summed E-state index contributed by atoms with van der Waals surface area (Å²) in [5.74, 6) is 0.0623. The van der Waals surface area contributed by atoms with Gasteiger partial charge in [-0.2, -0.15) is 0 Å². The molecular weight excluding hydrogens is 801 g/mol. The topological polar surface area (TPSA) is 16.3 Å². The molecule has 0 amide bonds. The van der Waals surface area contributed by atoms with Crippen molar-refractivity contribution in [1.82, 2.24) is 9.13 Å². The molecule has 2 atom stereocenters. The molecule has 0 saturated carbocycles. The highest BCUT2D eigenvalue weighted by molar-refractivity contribution is 6.13. The number of aromatic nitrogens is 2. The number of anilines is 4. The monoisotopic (exact) mass is 846 g/mol. The molecule has 11 aromatic rings. The quantitative estimate of drug-likeness (QED) is 0.142. The molecule has 4 nitrogen and oxygen atoms in total. The van der Waals surface area contributed by atoms with Crippen LogP contribution in [-0.4, -0.2) is 15.2 Å². The lowest BCUT2D eigenvalue weighted by molar-refractivity contribution is 0.672. The van der Waals surface area contributed by atoms with Crippen LogP contribution in [0.2, 0.25) is 0 Å². The first kappa shape index (κ1) is 38.1. The maximum absolute atomic E-state index is 4.42. The molecular formula is C62H46N4. The molecule has 2 aliphatic rings. The molecule has 66 heavy (non-hydrogen) atoms. The number of nitrogens with zero attached hydrogens (tertiary/aromatic N) is 4. The number of hydrogen-bond acceptors (Lipinski definition) is 2. The number of rotatable bonds is 8. The Hall–Kier alpha value is -8.34. The molecule has 0 bridgehead atoms. The summed E-state index contributed by atoms with van der Waals surface area (Å²) in [4.78, 5) is 5.03. The van der Waals surface area contributed by atoms with E-state index in [1.807, 2.05) is 0 Å². The Morgan fingerprint density at radius 1 is 0.470 bits per heavy atom. The third-order valence-electron chi connectivity index (χ3n) is 14.2. The molecule has 13 rings (SSSR count). The molecule has 314 valence electrons. The minimum absolute atomic E-state index is 0.0308. The highest BCUT2D eigenvalue weighted by Gasteiger charge is 2.39. The number of benzene rings is 9. The smallest absolute Gasteiger partial charge is 0.0623 e. The zero-order valence-corrected chi connectivity index (χ0v) is 36.6. The standard InChI is InChI=1S/C62H46N4/c1-3-48-51-34-37-58(52-26-17-29-61(62(51)52)64(55(48)4-2)43-20-7-5-8-21-43)63(46-32-35-59-53(39-46)49-24-13-15-27-56(49)65(59)44-22-9-6-10-23-44)47-33-36-60-54(40-47)50-25-14-16-28-57(50)66(60)45-31-30-41-18-11-12-19-42(41)38-45/h3-16,18-25,27-40,48,55H,1-2,17,26H2. The Kier molecular flexibility index (Phi) is 8.75. The van der Waals surface area contributed by atoms with E-state index in [2.05, 4.69) is 251 Å². The lowest BCUT2D eigenvalue weighted by atomic mass is 9.76. The average molecular weight is 847 g/mol. The molecule has 0 N–H and O–H groups in total. The second-order valence-corrected chi connectivity index (χ2v) is 17.7. The van der Waals surface area contributed by atoms with Crippen LogP contribution in [0, 0.1) is 0 Å². The second-order valence-electron chi connectivity index (χ2n) is 17.7. The summed E-state index contributed by atoms with van der Waals surface area (Å²) in [6, 6.07) is 73.6. The Bertz CT molecular complexity index is 3780. The maximum atomic E-state index is 4.42. The van der Waals surface area contributed by atoms with Crippen LogP contribution in [0.1, 0.15) is 29.0 Å². The Morgan fingerprint density at radius 2 is 1.05 bits per heavy atom. The van der Waals surface area contributed by atoms with Gasteiger partial charge in [0, 0.05) is 67.2 Å². The van der Waals surface area contributed by atoms with Crippen molar-refractivity contribution >= 4 is 82.8 Å². The molecule has 0 fully saturated rings. The van der Waals surface area contributed by atoms with E-state index in [0.29, 0.717) is 0 Å². The molecule has 1 aliphatic carbocycles. The van der Waals surface area contributed by atoms with Crippen molar-refractivity contribution in [3.8, 4) is 11.4 Å². The summed E-state index contributed by atoms with van der Waals surface area (Å²) < 4.78 is 4.83. The van der Waals surface area contributed by atoms with Gasteiger partial charge in [0.15, 0.2) is 0 Å². The third-order valence-corrected chi connectivity index (χ3v) is 14.2. The van der Waals surface area contributed by atoms with E-state index in [-0.39, 0.29) is 12.0 Å². The van der Waals surface area contributed by atoms with E-state index < -0.39 is 0 Å². The predicted molar refractivity (Wildman–Crippen MR) is 279 cm³/mol. The zero-order chi connectivity index (χ0) is 43.9. The first-order chi connectivity index (χ1) is 32.7. The van der Waals surface area contributed by atoms with Gasteiger partial charge in [-0.3, -0.25) is 0 Å². The van der Waals surface area contributed by atoms with E-state index in [9.17, 15) is 0 Å². The summed E-state index contributed by atoms with van der Waals surface area (Å²) in [6.07, 6.45) is 8.52. The van der Waals surface area contributed by atoms with Gasteiger partial charge in [-0.1, -0.05) is 127 Å². The molecule has 0 spiro atoms. The first-order valence-electron chi connectivity index (χ1n) is 23.1. The lowest BCUT2D eigenvalue weighted by Crippen LogP contribution is -2.42. The average Bonchev–Trinajstić information content (AvgIpc) is 3.89. The lowest BCUT2D eigenvalue weighted by Gasteiger charge is -2.46. The molecule has 4 heteroatoms. The van der Waals surface area contributed by atoms with Crippen LogP contribution < -0.4 is 9.80 Å². The summed E-state index contributed by atoms with van der Waals surface area (Å²) in [7, 11) is 0. The summed E-state index contributed by atoms with van der Waals surface area (Å²) in [6.45, 7) is 8.81. The summed E-state index contributed by atoms with van der Waals surface area (Å²) in [5, 5.41) is 7.35. The van der Waals surface area contributed by atoms with Crippen LogP contribution in [0.15, 0.2) is 232 Å². The molecule has 0 radical (unpaired) electrons. The van der Waals surface area contributed by atoms with Crippen LogP contribution >= 0.6 is 0 Å². The zero-order valence-electron chi connectivity index (χ0n) is 36.6. The van der Waals surface area contributed by atoms with Crippen LogP contribution in [0.3, 0.4) is 0 Å². The van der Waals surface area contributed by atoms with E-state index in [0.717, 1.165) is 41.3 Å². The van der Waals surface area contributed by atoms with E-state index in [1.165, 1.54) is 82.5 Å². The van der Waals surface area contributed by atoms with Crippen molar-refractivity contribution in [2.75, 3.05) is 9.80 Å². The first-order valence-corrected chi connectivity index (χ1v) is 23.1. The Labute approximate surface area is 384 Å². The molecule has 0 saturated heterocycles. The number of fused-ring (bicyclic) bond motifs is 7. The van der Waals surface area contributed by atoms with Crippen LogP contribution in [0.5, 0.6) is 0 Å². The molecule has 1 aliphatic heterocycles. The number of allylic oxidation sites excluding steroid dienone is 1. The third kappa shape index (κ3) is 5.71. The van der Waals surface area contributed by atoms with E-state index in [1.54, 1.807) is 0 Å². The minimum Gasteiger partial charge on any atom is -0.333 e. The molecule has 9 aromatic carbocycles. The van der Waals surface area contributed by atoms with Crippen molar-refractivity contribution in [3.63, 3.8) is 0 Å². The predicted octanol–water partition coefficient (Wildman–Crippen LogP) is 16.1. The van der Waals surface area contributed by atoms with E-state index >= 15 is 0 Å². The van der Waals surface area contributed by atoms with Gasteiger partial charge in [0.1, 0.15) is 0 Å². The second kappa shape index (κ2) is 15.1. The van der Waals surface area contributed by atoms with Crippen LogP contribution in [-0.2, 0) is 6.42 Å². The minimum atomic E-state index is 0.0308. The fourth-order valence-electron chi connectivity index (χ4n) is 11.4. The van der Waals surface area contributed by atoms with Crippen molar-refractivity contribution < 1.29 is 0 Å². The fraction of sp³-hybridized carbons (Fsp3) is 0.0645. The van der Waals surface area contributed by atoms with Crippen molar-refractivity contribution in [2.24, 2.45) is 0 Å². The number of hydrogen-bond donors (Lipinski definition) is 0. The van der Waals surface area contributed by atoms with Crippen LogP contribution in [0.4, 0.5) is 22.7 Å². The van der Waals surface area contributed by atoms with Gasteiger partial charge in [-0.05, 0) is 126 Å². The molecule has 2 aromatic heterocycles. The van der Waals surface area contributed by atoms with Crippen molar-refractivity contribution in [3.05, 3.63) is 248 Å². The van der Waals surface area contributed by atoms with Gasteiger partial charge in [0.2, 0.25) is 0 Å². The van der Waals surface area contributed by atoms with Gasteiger partial charge in [-0.15, -0.1) is 13.2 Å². The summed E-state index contributed by atoms with van der Waals surface area (Å²) in [5.41, 5.74) is 16.8. The molecule has 3 heterocycles. The van der Waals surface area contributed by atoms with E-state index in [4.69, 9.17) is 0 Å². The fourth-order valence-corrected chi connectivity index (χ4v) is 11.4. The number of para-hydroxylation sites is 4. The van der Waals surface area contributed by atoms with Gasteiger partial charge < -0.3 is 18.9 Å². The summed E-state index contributed by atoms with van der Waals surface area (Å²) >= 11 is 0. The molecule has 2 unspecified atom stereocenters. The normalized spacial score (nSPS) is 15.6. The Morgan fingerprint density at radius 3 is 1.70 bits per heavy atom. The van der Waals surface area contributed by atoms with Crippen molar-refractivity contribution in [1.29, 1.82) is 0 Å². The highest BCUT2D eigenvalue weighted by atomic mass is 15.2. The van der Waals surface area contributed by atoms with Crippen molar-refractivity contribution in [2.45, 2.75) is 24.8 Å². The Balaban J connectivity index is 1.07. The SMILES string of the molecule is C=CC1c2ccc(N(c3ccc4c(c3)c3ccccc3n4-c3ccccc3)c3ccc4c(c3)c3ccccc3n4-c3ccc4ccccc4c3)c3c2C(=CCC3)N(c2ccccc2)C1C=C.